The van der Waals surface area contributed by atoms with Gasteiger partial charge in [0.1, 0.15) is 4.83 Å². The number of nitro groups is 1. The van der Waals surface area contributed by atoms with E-state index in [2.05, 4.69) is 15.9 Å². The molecule has 0 saturated heterocycles. The van der Waals surface area contributed by atoms with Crippen LogP contribution in [0, 0.1) is 21.4 Å². The maximum Gasteiger partial charge on any atom is 0.269 e. The number of non-ortho nitro benzene ring substituents is 1. The molecule has 1 rings (SSSR count). The largest absolute Gasteiger partial charge is 0.269 e. The molecule has 0 fully saturated rings. The Kier molecular flexibility index (Phi) is 2.98. The zero-order chi connectivity index (χ0) is 9.84. The lowest BCUT2D eigenvalue weighted by atomic mass is 10.1. The molecule has 66 valence electrons. The van der Waals surface area contributed by atoms with Gasteiger partial charge in [-0.3, -0.25) is 10.1 Å². The molecule has 0 spiro atoms. The van der Waals surface area contributed by atoms with Crippen LogP contribution < -0.4 is 0 Å². The van der Waals surface area contributed by atoms with Crippen LogP contribution in [0.5, 0.6) is 0 Å². The third kappa shape index (κ3) is 2.26. The van der Waals surface area contributed by atoms with Gasteiger partial charge in [-0.25, -0.2) is 0 Å². The minimum atomic E-state index is -0.473. The molecule has 5 heteroatoms. The van der Waals surface area contributed by atoms with E-state index in [1.807, 2.05) is 6.07 Å². The number of nitrogens with zero attached hydrogens (tertiary/aromatic N) is 2. The van der Waals surface area contributed by atoms with E-state index < -0.39 is 9.75 Å². The van der Waals surface area contributed by atoms with Crippen molar-refractivity contribution < 1.29 is 4.92 Å². The lowest BCUT2D eigenvalue weighted by molar-refractivity contribution is -0.384. The van der Waals surface area contributed by atoms with Gasteiger partial charge in [0.2, 0.25) is 0 Å². The number of nitriles is 1. The van der Waals surface area contributed by atoms with Gasteiger partial charge in [0, 0.05) is 12.1 Å². The number of nitro benzene ring substituents is 1. The van der Waals surface area contributed by atoms with Crippen molar-refractivity contribution in [2.75, 3.05) is 0 Å². The smallest absolute Gasteiger partial charge is 0.258 e. The van der Waals surface area contributed by atoms with Crippen LogP contribution in [0.2, 0.25) is 0 Å². The molecule has 13 heavy (non-hydrogen) atoms. The predicted octanol–water partition coefficient (Wildman–Crippen LogP) is 2.55. The Bertz CT molecular complexity index is 355. The number of benzene rings is 1. The minimum absolute atomic E-state index is 0.0291. The summed E-state index contributed by atoms with van der Waals surface area (Å²) in [5.41, 5.74) is 0.745. The summed E-state index contributed by atoms with van der Waals surface area (Å²) in [5, 5.41) is 18.8. The van der Waals surface area contributed by atoms with E-state index in [-0.39, 0.29) is 5.69 Å². The second-order valence-electron chi connectivity index (χ2n) is 2.34. The standard InChI is InChI=1S/C8H5BrN2O2/c9-8(5-10)6-1-3-7(4-2-6)11(12)13/h1-4,8H/t8-/m1/s1. The Hall–Kier alpha value is -1.41. The molecule has 0 aliphatic carbocycles. The summed E-state index contributed by atoms with van der Waals surface area (Å²) in [6, 6.07) is 7.84. The average molecular weight is 241 g/mol. The summed E-state index contributed by atoms with van der Waals surface area (Å²) >= 11 is 3.12. The first-order chi connectivity index (χ1) is 6.15. The fourth-order valence-electron chi connectivity index (χ4n) is 0.840. The molecule has 0 aliphatic rings. The van der Waals surface area contributed by atoms with E-state index in [0.29, 0.717) is 5.56 Å². The van der Waals surface area contributed by atoms with Crippen molar-refractivity contribution in [2.24, 2.45) is 0 Å². The van der Waals surface area contributed by atoms with Crippen molar-refractivity contribution in [3.63, 3.8) is 0 Å². The fourth-order valence-corrected chi connectivity index (χ4v) is 1.14. The van der Waals surface area contributed by atoms with E-state index in [0.717, 1.165) is 0 Å². The summed E-state index contributed by atoms with van der Waals surface area (Å²) in [7, 11) is 0. The van der Waals surface area contributed by atoms with Crippen LogP contribution in [0.4, 0.5) is 5.69 Å². The highest BCUT2D eigenvalue weighted by Crippen LogP contribution is 2.23. The van der Waals surface area contributed by atoms with Crippen molar-refractivity contribution in [1.29, 1.82) is 5.26 Å². The predicted molar refractivity (Wildman–Crippen MR) is 50.4 cm³/mol. The van der Waals surface area contributed by atoms with Crippen LogP contribution in [0.15, 0.2) is 24.3 Å². The zero-order valence-electron chi connectivity index (χ0n) is 6.48. The van der Waals surface area contributed by atoms with Gasteiger partial charge in [0.05, 0.1) is 11.0 Å². The fraction of sp³-hybridized carbons (Fsp3) is 0.125. The van der Waals surface area contributed by atoms with Crippen LogP contribution in [0.1, 0.15) is 10.4 Å². The molecule has 1 aromatic rings. The normalized spacial score (nSPS) is 11.7. The van der Waals surface area contributed by atoms with E-state index in [9.17, 15) is 10.1 Å². The Morgan fingerprint density at radius 2 is 2.00 bits per heavy atom. The van der Waals surface area contributed by atoms with E-state index in [1.165, 1.54) is 12.1 Å². The SMILES string of the molecule is N#C[C@@H](Br)c1ccc([N+](=O)[O-])cc1. The summed E-state index contributed by atoms with van der Waals surface area (Å²) in [5.74, 6) is 0. The summed E-state index contributed by atoms with van der Waals surface area (Å²) in [6.45, 7) is 0. The number of hydrogen-bond acceptors (Lipinski definition) is 3. The number of alkyl halides is 1. The van der Waals surface area contributed by atoms with Crippen LogP contribution in [-0.2, 0) is 0 Å². The van der Waals surface area contributed by atoms with Crippen molar-refractivity contribution in [3.8, 4) is 6.07 Å². The molecule has 0 bridgehead atoms. The Morgan fingerprint density at radius 3 is 2.38 bits per heavy atom. The second-order valence-corrected chi connectivity index (χ2v) is 3.26. The van der Waals surface area contributed by atoms with E-state index >= 15 is 0 Å². The number of rotatable bonds is 2. The summed E-state index contributed by atoms with van der Waals surface area (Å²) in [6.07, 6.45) is 0. The highest BCUT2D eigenvalue weighted by molar-refractivity contribution is 9.09. The summed E-state index contributed by atoms with van der Waals surface area (Å²) < 4.78 is 0. The molecule has 4 nitrogen and oxygen atoms in total. The van der Waals surface area contributed by atoms with Gasteiger partial charge in [-0.15, -0.1) is 0 Å². The molecule has 0 aliphatic heterocycles. The lowest BCUT2D eigenvalue weighted by Crippen LogP contribution is -1.89. The van der Waals surface area contributed by atoms with Crippen molar-refractivity contribution >= 4 is 21.6 Å². The van der Waals surface area contributed by atoms with Gasteiger partial charge in [-0.1, -0.05) is 28.1 Å². The molecule has 1 atom stereocenters. The third-order valence-corrected chi connectivity index (χ3v) is 2.24. The average Bonchev–Trinajstić information content (AvgIpc) is 2.17. The van der Waals surface area contributed by atoms with Gasteiger partial charge in [0.15, 0.2) is 0 Å². The highest BCUT2D eigenvalue weighted by Gasteiger charge is 2.08. The van der Waals surface area contributed by atoms with Crippen molar-refractivity contribution in [1.82, 2.24) is 0 Å². The quantitative estimate of drug-likeness (QED) is 0.454. The molecule has 0 unspecified atom stereocenters. The molecular weight excluding hydrogens is 236 g/mol. The van der Waals surface area contributed by atoms with E-state index in [4.69, 9.17) is 5.26 Å². The van der Waals surface area contributed by atoms with Crippen LogP contribution in [-0.4, -0.2) is 4.92 Å². The molecule has 0 saturated carbocycles. The Labute approximate surface area is 83.1 Å². The highest BCUT2D eigenvalue weighted by atomic mass is 79.9. The zero-order valence-corrected chi connectivity index (χ0v) is 8.06. The first-order valence-electron chi connectivity index (χ1n) is 3.43. The Morgan fingerprint density at radius 1 is 1.46 bits per heavy atom. The summed E-state index contributed by atoms with van der Waals surface area (Å²) in [4.78, 5) is 9.40. The topological polar surface area (TPSA) is 66.9 Å². The number of hydrogen-bond donors (Lipinski definition) is 0. The monoisotopic (exact) mass is 240 g/mol. The van der Waals surface area contributed by atoms with E-state index in [1.54, 1.807) is 12.1 Å². The molecule has 1 aromatic carbocycles. The van der Waals surface area contributed by atoms with Crippen LogP contribution in [0.3, 0.4) is 0 Å². The maximum atomic E-state index is 10.3. The second kappa shape index (κ2) is 4.01. The van der Waals surface area contributed by atoms with Gasteiger partial charge in [-0.2, -0.15) is 5.26 Å². The lowest BCUT2D eigenvalue weighted by Gasteiger charge is -1.98. The van der Waals surface area contributed by atoms with Crippen LogP contribution >= 0.6 is 15.9 Å². The third-order valence-electron chi connectivity index (χ3n) is 1.51. The van der Waals surface area contributed by atoms with Crippen molar-refractivity contribution in [2.45, 2.75) is 4.83 Å². The van der Waals surface area contributed by atoms with Gasteiger partial charge in [0.25, 0.3) is 5.69 Å². The number of halogens is 1. The Balaban J connectivity index is 2.95. The molecular formula is C8H5BrN2O2. The first-order valence-corrected chi connectivity index (χ1v) is 4.34. The molecule has 0 radical (unpaired) electrons. The molecule has 0 amide bonds. The molecule has 0 heterocycles. The minimum Gasteiger partial charge on any atom is -0.258 e. The maximum absolute atomic E-state index is 10.3. The first kappa shape index (κ1) is 9.68. The van der Waals surface area contributed by atoms with Crippen molar-refractivity contribution in [3.05, 3.63) is 39.9 Å². The molecule has 0 aromatic heterocycles. The van der Waals surface area contributed by atoms with Crippen LogP contribution in [0.25, 0.3) is 0 Å². The molecule has 0 N–H and O–H groups in total. The van der Waals surface area contributed by atoms with Gasteiger partial charge in [-0.05, 0) is 5.56 Å². The van der Waals surface area contributed by atoms with Gasteiger partial charge < -0.3 is 0 Å². The van der Waals surface area contributed by atoms with Gasteiger partial charge >= 0.3 is 0 Å².